The number of nitrogens with zero attached hydrogens (tertiary/aromatic N) is 2. The van der Waals surface area contributed by atoms with Gasteiger partial charge in [0, 0.05) is 43.2 Å². The van der Waals surface area contributed by atoms with Crippen LogP contribution >= 0.6 is 11.8 Å². The van der Waals surface area contributed by atoms with E-state index in [0.717, 1.165) is 44.0 Å². The van der Waals surface area contributed by atoms with Crippen molar-refractivity contribution in [2.45, 2.75) is 12.8 Å². The summed E-state index contributed by atoms with van der Waals surface area (Å²) in [6.07, 6.45) is 1.72. The van der Waals surface area contributed by atoms with E-state index in [-0.39, 0.29) is 12.0 Å². The van der Waals surface area contributed by atoms with Gasteiger partial charge in [0.25, 0.3) is 0 Å². The van der Waals surface area contributed by atoms with Gasteiger partial charge in [-0.15, -0.1) is 0 Å². The Morgan fingerprint density at radius 2 is 2.22 bits per heavy atom. The van der Waals surface area contributed by atoms with Crippen LogP contribution in [0.4, 0.5) is 0 Å². The van der Waals surface area contributed by atoms with E-state index in [2.05, 4.69) is 9.89 Å². The zero-order chi connectivity index (χ0) is 12.8. The van der Waals surface area contributed by atoms with Crippen LogP contribution in [0.1, 0.15) is 12.8 Å². The highest BCUT2D eigenvalue weighted by molar-refractivity contribution is 7.99. The first-order valence-corrected chi connectivity index (χ1v) is 7.72. The standard InChI is InChI=1S/C12H23N3O2S/c13-11(15-3-7-18-8-4-15)14-9-12(1-5-16)2-6-17-10-12/h16H,1-10H2,(H2,13,14). The Labute approximate surface area is 113 Å². The van der Waals surface area contributed by atoms with Gasteiger partial charge in [0.2, 0.25) is 0 Å². The Balaban J connectivity index is 1.90. The molecule has 5 nitrogen and oxygen atoms in total. The van der Waals surface area contributed by atoms with Crippen molar-refractivity contribution in [3.8, 4) is 0 Å². The molecule has 2 saturated heterocycles. The number of aliphatic hydroxyl groups excluding tert-OH is 1. The lowest BCUT2D eigenvalue weighted by Gasteiger charge is -2.29. The molecule has 0 radical (unpaired) electrons. The Bertz CT molecular complexity index is 287. The van der Waals surface area contributed by atoms with E-state index in [1.165, 1.54) is 0 Å². The number of rotatable bonds is 4. The molecule has 0 aromatic heterocycles. The van der Waals surface area contributed by atoms with Crippen molar-refractivity contribution in [1.29, 1.82) is 0 Å². The van der Waals surface area contributed by atoms with Crippen LogP contribution in [0, 0.1) is 5.41 Å². The maximum Gasteiger partial charge on any atom is 0.191 e. The van der Waals surface area contributed by atoms with Gasteiger partial charge in [0.05, 0.1) is 13.2 Å². The fraction of sp³-hybridized carbons (Fsp3) is 0.917. The molecule has 6 heteroatoms. The summed E-state index contributed by atoms with van der Waals surface area (Å²) in [6.45, 7) is 4.31. The Kier molecular flexibility index (Phi) is 5.14. The SMILES string of the molecule is NC(=NCC1(CCO)CCOC1)N1CCSCC1. The second-order valence-corrected chi connectivity index (χ2v) is 6.27. The van der Waals surface area contributed by atoms with E-state index in [9.17, 15) is 0 Å². The zero-order valence-electron chi connectivity index (χ0n) is 10.8. The van der Waals surface area contributed by atoms with Gasteiger partial charge in [-0.25, -0.2) is 0 Å². The molecule has 2 aliphatic heterocycles. The molecule has 0 aliphatic carbocycles. The summed E-state index contributed by atoms with van der Waals surface area (Å²) < 4.78 is 5.45. The van der Waals surface area contributed by atoms with Gasteiger partial charge in [-0.2, -0.15) is 11.8 Å². The van der Waals surface area contributed by atoms with Crippen LogP contribution < -0.4 is 5.73 Å². The largest absolute Gasteiger partial charge is 0.396 e. The summed E-state index contributed by atoms with van der Waals surface area (Å²) >= 11 is 1.96. The van der Waals surface area contributed by atoms with Crippen LogP contribution in [0.2, 0.25) is 0 Å². The number of guanidine groups is 1. The topological polar surface area (TPSA) is 71.1 Å². The summed E-state index contributed by atoms with van der Waals surface area (Å²) in [5, 5.41) is 9.16. The normalized spacial score (nSPS) is 29.8. The molecular formula is C12H23N3O2S. The quantitative estimate of drug-likeness (QED) is 0.563. The van der Waals surface area contributed by atoms with Crippen molar-refractivity contribution >= 4 is 17.7 Å². The summed E-state index contributed by atoms with van der Waals surface area (Å²) in [4.78, 5) is 6.69. The predicted molar refractivity (Wildman–Crippen MR) is 75.0 cm³/mol. The average molecular weight is 273 g/mol. The molecule has 1 atom stereocenters. The number of hydrogen-bond donors (Lipinski definition) is 2. The molecule has 0 bridgehead atoms. The minimum absolute atomic E-state index is 0.00388. The van der Waals surface area contributed by atoms with Crippen LogP contribution in [0.15, 0.2) is 4.99 Å². The van der Waals surface area contributed by atoms with Crippen molar-refractivity contribution in [2.75, 3.05) is 51.0 Å². The van der Waals surface area contributed by atoms with Gasteiger partial charge in [0.15, 0.2) is 5.96 Å². The highest BCUT2D eigenvalue weighted by Gasteiger charge is 2.34. The van der Waals surface area contributed by atoms with Gasteiger partial charge in [-0.05, 0) is 12.8 Å². The summed E-state index contributed by atoms with van der Waals surface area (Å²) in [5.41, 5.74) is 6.05. The molecule has 0 aromatic carbocycles. The molecule has 18 heavy (non-hydrogen) atoms. The van der Waals surface area contributed by atoms with Crippen molar-refractivity contribution in [1.82, 2.24) is 4.90 Å². The first kappa shape index (κ1) is 14.0. The first-order chi connectivity index (χ1) is 8.76. The summed E-state index contributed by atoms with van der Waals surface area (Å²) in [6, 6.07) is 0. The van der Waals surface area contributed by atoms with Gasteiger partial charge in [-0.3, -0.25) is 4.99 Å². The Hall–Kier alpha value is -0.460. The maximum atomic E-state index is 9.16. The highest BCUT2D eigenvalue weighted by Crippen LogP contribution is 2.32. The van der Waals surface area contributed by atoms with Crippen LogP contribution in [0.25, 0.3) is 0 Å². The Morgan fingerprint density at radius 3 is 2.83 bits per heavy atom. The summed E-state index contributed by atoms with van der Waals surface area (Å²) in [5.74, 6) is 2.90. The fourth-order valence-electron chi connectivity index (χ4n) is 2.43. The zero-order valence-corrected chi connectivity index (χ0v) is 11.6. The highest BCUT2D eigenvalue weighted by atomic mass is 32.2. The lowest BCUT2D eigenvalue weighted by atomic mass is 9.84. The van der Waals surface area contributed by atoms with Crippen LogP contribution in [-0.2, 0) is 4.74 Å². The minimum Gasteiger partial charge on any atom is -0.396 e. The lowest BCUT2D eigenvalue weighted by molar-refractivity contribution is 0.131. The van der Waals surface area contributed by atoms with Crippen molar-refractivity contribution in [3.05, 3.63) is 0 Å². The van der Waals surface area contributed by atoms with Crippen molar-refractivity contribution in [2.24, 2.45) is 16.1 Å². The average Bonchev–Trinajstić information content (AvgIpc) is 2.87. The minimum atomic E-state index is 0.00388. The number of aliphatic hydroxyl groups is 1. The third kappa shape index (κ3) is 3.52. The van der Waals surface area contributed by atoms with Gasteiger partial charge in [0.1, 0.15) is 0 Å². The number of nitrogens with two attached hydrogens (primary N) is 1. The van der Waals surface area contributed by atoms with Gasteiger partial charge < -0.3 is 20.5 Å². The van der Waals surface area contributed by atoms with E-state index < -0.39 is 0 Å². The molecule has 104 valence electrons. The van der Waals surface area contributed by atoms with Crippen LogP contribution in [0.5, 0.6) is 0 Å². The Morgan fingerprint density at radius 1 is 1.44 bits per heavy atom. The van der Waals surface area contributed by atoms with Crippen LogP contribution in [0.3, 0.4) is 0 Å². The molecule has 1 unspecified atom stereocenters. The van der Waals surface area contributed by atoms with E-state index in [0.29, 0.717) is 19.1 Å². The molecule has 0 aromatic rings. The number of aliphatic imine (C=N–C) groups is 1. The molecule has 0 spiro atoms. The number of thioether (sulfide) groups is 1. The number of hydrogen-bond acceptors (Lipinski definition) is 4. The molecule has 2 heterocycles. The van der Waals surface area contributed by atoms with Gasteiger partial charge >= 0.3 is 0 Å². The maximum absolute atomic E-state index is 9.16. The molecule has 0 amide bonds. The van der Waals surface area contributed by atoms with E-state index >= 15 is 0 Å². The molecular weight excluding hydrogens is 250 g/mol. The monoisotopic (exact) mass is 273 g/mol. The van der Waals surface area contributed by atoms with Crippen molar-refractivity contribution < 1.29 is 9.84 Å². The van der Waals surface area contributed by atoms with E-state index in [4.69, 9.17) is 15.6 Å². The molecule has 2 fully saturated rings. The second-order valence-electron chi connectivity index (χ2n) is 5.05. The number of ether oxygens (including phenoxy) is 1. The predicted octanol–water partition coefficient (Wildman–Crippen LogP) is 0.139. The molecule has 3 N–H and O–H groups in total. The summed E-state index contributed by atoms with van der Waals surface area (Å²) in [7, 11) is 0. The molecule has 2 aliphatic rings. The molecule has 0 saturated carbocycles. The smallest absolute Gasteiger partial charge is 0.191 e. The fourth-order valence-corrected chi connectivity index (χ4v) is 3.33. The molecule has 2 rings (SSSR count). The van der Waals surface area contributed by atoms with Gasteiger partial charge in [-0.1, -0.05) is 0 Å². The lowest BCUT2D eigenvalue weighted by Crippen LogP contribution is -2.43. The van der Waals surface area contributed by atoms with Crippen molar-refractivity contribution in [3.63, 3.8) is 0 Å². The third-order valence-electron chi connectivity index (χ3n) is 3.74. The van der Waals surface area contributed by atoms with Crippen LogP contribution in [-0.4, -0.2) is 66.9 Å². The second kappa shape index (κ2) is 6.63. The first-order valence-electron chi connectivity index (χ1n) is 6.57. The van der Waals surface area contributed by atoms with E-state index in [1.54, 1.807) is 0 Å². The van der Waals surface area contributed by atoms with E-state index in [1.807, 2.05) is 11.8 Å². The third-order valence-corrected chi connectivity index (χ3v) is 4.68.